The van der Waals surface area contributed by atoms with E-state index in [0.29, 0.717) is 13.0 Å². The molecule has 33 heavy (non-hydrogen) atoms. The Balaban J connectivity index is 4.10. The Labute approximate surface area is 206 Å². The van der Waals surface area contributed by atoms with E-state index in [2.05, 4.69) is 20.8 Å². The van der Waals surface area contributed by atoms with Crippen LogP contribution in [0, 0.1) is 0 Å². The molecule has 0 rings (SSSR count). The third kappa shape index (κ3) is 22.5. The number of esters is 1. The van der Waals surface area contributed by atoms with Gasteiger partial charge in [0, 0.05) is 19.5 Å². The van der Waals surface area contributed by atoms with Gasteiger partial charge < -0.3 is 9.64 Å². The summed E-state index contributed by atoms with van der Waals surface area (Å²) in [5, 5.41) is 0. The molecule has 0 fully saturated rings. The van der Waals surface area contributed by atoms with E-state index in [1.165, 1.54) is 96.3 Å². The minimum Gasteiger partial charge on any atom is -0.466 e. The maximum absolute atomic E-state index is 12.8. The van der Waals surface area contributed by atoms with Gasteiger partial charge in [-0.05, 0) is 19.3 Å². The minimum atomic E-state index is -0.214. The average Bonchev–Trinajstić information content (AvgIpc) is 2.82. The molecule has 0 heterocycles. The molecular formula is C29H57NO3. The van der Waals surface area contributed by atoms with E-state index >= 15 is 0 Å². The molecule has 196 valence electrons. The highest BCUT2D eigenvalue weighted by Crippen LogP contribution is 2.11. The van der Waals surface area contributed by atoms with Crippen molar-refractivity contribution >= 4 is 11.9 Å². The van der Waals surface area contributed by atoms with Crippen molar-refractivity contribution in [2.45, 2.75) is 156 Å². The smallest absolute Gasteiger partial charge is 0.306 e. The molecule has 4 nitrogen and oxygen atoms in total. The molecule has 0 aromatic carbocycles. The molecule has 0 aliphatic heterocycles. The molecule has 0 aliphatic carbocycles. The van der Waals surface area contributed by atoms with E-state index in [1.807, 2.05) is 4.90 Å². The molecule has 0 aromatic heterocycles. The first-order valence-electron chi connectivity index (χ1n) is 14.6. The van der Waals surface area contributed by atoms with Gasteiger partial charge in [-0.2, -0.15) is 0 Å². The number of amides is 1. The summed E-state index contributed by atoms with van der Waals surface area (Å²) in [6, 6.07) is 0. The molecule has 0 saturated carbocycles. The van der Waals surface area contributed by atoms with Crippen molar-refractivity contribution in [2.75, 3.05) is 19.7 Å². The lowest BCUT2D eigenvalue weighted by atomic mass is 10.1. The fourth-order valence-electron chi connectivity index (χ4n) is 4.21. The summed E-state index contributed by atoms with van der Waals surface area (Å²) in [5.74, 6) is -0.0848. The molecule has 1 amide bonds. The first-order chi connectivity index (χ1) is 16.2. The van der Waals surface area contributed by atoms with Gasteiger partial charge in [0.2, 0.25) is 5.91 Å². The molecular weight excluding hydrogens is 410 g/mol. The van der Waals surface area contributed by atoms with E-state index in [0.717, 1.165) is 38.8 Å². The summed E-state index contributed by atoms with van der Waals surface area (Å²) in [4.78, 5) is 26.9. The molecule has 4 heteroatoms. The van der Waals surface area contributed by atoms with Crippen molar-refractivity contribution in [1.82, 2.24) is 4.90 Å². The molecule has 0 saturated heterocycles. The highest BCUT2D eigenvalue weighted by Gasteiger charge is 2.15. The topological polar surface area (TPSA) is 46.6 Å². The van der Waals surface area contributed by atoms with Crippen LogP contribution in [0.25, 0.3) is 0 Å². The normalized spacial score (nSPS) is 11.0. The number of carbonyl (C=O) groups is 2. The van der Waals surface area contributed by atoms with Gasteiger partial charge in [0.05, 0.1) is 13.0 Å². The summed E-state index contributed by atoms with van der Waals surface area (Å²) in [6.45, 7) is 8.88. The number of nitrogens with zero attached hydrogens (tertiary/aromatic N) is 1. The molecule has 0 N–H and O–H groups in total. The third-order valence-electron chi connectivity index (χ3n) is 6.47. The lowest BCUT2D eigenvalue weighted by Crippen LogP contribution is -2.33. The van der Waals surface area contributed by atoms with Crippen LogP contribution in [0.5, 0.6) is 0 Å². The summed E-state index contributed by atoms with van der Waals surface area (Å²) < 4.78 is 5.36. The van der Waals surface area contributed by atoms with Gasteiger partial charge in [-0.3, -0.25) is 9.59 Å². The third-order valence-corrected chi connectivity index (χ3v) is 6.47. The van der Waals surface area contributed by atoms with Gasteiger partial charge in [0.25, 0.3) is 0 Å². The maximum atomic E-state index is 12.8. The minimum absolute atomic E-state index is 0.130. The van der Waals surface area contributed by atoms with Crippen molar-refractivity contribution in [2.24, 2.45) is 0 Å². The van der Waals surface area contributed by atoms with Crippen LogP contribution in [0.2, 0.25) is 0 Å². The van der Waals surface area contributed by atoms with Gasteiger partial charge >= 0.3 is 5.97 Å². The predicted octanol–water partition coefficient (Wildman–Crippen LogP) is 8.61. The first kappa shape index (κ1) is 31.9. The highest BCUT2D eigenvalue weighted by atomic mass is 16.5. The Morgan fingerprint density at radius 1 is 0.515 bits per heavy atom. The molecule has 0 aliphatic rings. The van der Waals surface area contributed by atoms with Crippen LogP contribution >= 0.6 is 0 Å². The lowest BCUT2D eigenvalue weighted by Gasteiger charge is -2.23. The van der Waals surface area contributed by atoms with Gasteiger partial charge in [-0.1, -0.05) is 124 Å². The lowest BCUT2D eigenvalue weighted by molar-refractivity contribution is -0.146. The fourth-order valence-corrected chi connectivity index (χ4v) is 4.21. The van der Waals surface area contributed by atoms with Crippen molar-refractivity contribution in [3.05, 3.63) is 0 Å². The summed E-state index contributed by atoms with van der Waals surface area (Å²) in [7, 11) is 0. The maximum Gasteiger partial charge on any atom is 0.306 e. The van der Waals surface area contributed by atoms with Crippen LogP contribution in [0.1, 0.15) is 156 Å². The standard InChI is InChI=1S/C29H57NO3/c1-4-7-10-13-16-19-22-27-33-29(32)24-23-28(31)30(25-20-17-14-11-8-5-2)26-21-18-15-12-9-6-3/h4-27H2,1-3H3. The van der Waals surface area contributed by atoms with Crippen molar-refractivity contribution in [3.8, 4) is 0 Å². The van der Waals surface area contributed by atoms with Gasteiger partial charge in [0.15, 0.2) is 0 Å². The predicted molar refractivity (Wildman–Crippen MR) is 142 cm³/mol. The molecule has 0 aromatic rings. The van der Waals surface area contributed by atoms with Crippen LogP contribution in [0.15, 0.2) is 0 Å². The summed E-state index contributed by atoms with van der Waals surface area (Å²) >= 11 is 0. The van der Waals surface area contributed by atoms with Gasteiger partial charge in [-0.15, -0.1) is 0 Å². The van der Waals surface area contributed by atoms with Gasteiger partial charge in [-0.25, -0.2) is 0 Å². The first-order valence-corrected chi connectivity index (χ1v) is 14.6. The molecule has 0 radical (unpaired) electrons. The second kappa shape index (κ2) is 25.6. The number of carbonyl (C=O) groups excluding carboxylic acids is 2. The Hall–Kier alpha value is -1.06. The van der Waals surface area contributed by atoms with Crippen LogP contribution in [0.4, 0.5) is 0 Å². The quantitative estimate of drug-likeness (QED) is 0.0997. The number of ether oxygens (including phenoxy) is 1. The van der Waals surface area contributed by atoms with Crippen LogP contribution in [0.3, 0.4) is 0 Å². The molecule has 0 unspecified atom stereocenters. The second-order valence-corrected chi connectivity index (χ2v) is 9.76. The average molecular weight is 468 g/mol. The van der Waals surface area contributed by atoms with E-state index < -0.39 is 0 Å². The van der Waals surface area contributed by atoms with Crippen molar-refractivity contribution < 1.29 is 14.3 Å². The van der Waals surface area contributed by atoms with Crippen LogP contribution < -0.4 is 0 Å². The summed E-state index contributed by atoms with van der Waals surface area (Å²) in [5.41, 5.74) is 0. The molecule has 0 bridgehead atoms. The monoisotopic (exact) mass is 467 g/mol. The highest BCUT2D eigenvalue weighted by molar-refractivity contribution is 5.81. The number of hydrogen-bond acceptors (Lipinski definition) is 3. The zero-order chi connectivity index (χ0) is 24.4. The Bertz CT molecular complexity index is 423. The van der Waals surface area contributed by atoms with Gasteiger partial charge in [0.1, 0.15) is 0 Å². The molecule has 0 atom stereocenters. The van der Waals surface area contributed by atoms with Crippen molar-refractivity contribution in [1.29, 1.82) is 0 Å². The fraction of sp³-hybridized carbons (Fsp3) is 0.931. The van der Waals surface area contributed by atoms with Crippen molar-refractivity contribution in [3.63, 3.8) is 0 Å². The zero-order valence-corrected chi connectivity index (χ0v) is 22.6. The van der Waals surface area contributed by atoms with E-state index in [4.69, 9.17) is 4.74 Å². The summed E-state index contributed by atoms with van der Waals surface area (Å²) in [6.07, 6.45) is 23.8. The number of unbranched alkanes of at least 4 members (excludes halogenated alkanes) is 16. The number of hydrogen-bond donors (Lipinski definition) is 0. The Morgan fingerprint density at radius 2 is 0.909 bits per heavy atom. The zero-order valence-electron chi connectivity index (χ0n) is 22.6. The molecule has 0 spiro atoms. The van der Waals surface area contributed by atoms with Crippen LogP contribution in [-0.4, -0.2) is 36.5 Å². The largest absolute Gasteiger partial charge is 0.466 e. The van der Waals surface area contributed by atoms with E-state index in [9.17, 15) is 9.59 Å². The number of rotatable bonds is 25. The second-order valence-electron chi connectivity index (χ2n) is 9.76. The Kier molecular flexibility index (Phi) is 24.7. The SMILES string of the molecule is CCCCCCCCCOC(=O)CCC(=O)N(CCCCCCCC)CCCCCCCC. The van der Waals surface area contributed by atoms with E-state index in [1.54, 1.807) is 0 Å². The van der Waals surface area contributed by atoms with E-state index in [-0.39, 0.29) is 18.3 Å². The van der Waals surface area contributed by atoms with Crippen LogP contribution in [-0.2, 0) is 14.3 Å². The Morgan fingerprint density at radius 3 is 1.36 bits per heavy atom.